The first-order chi connectivity index (χ1) is 12.2. The van der Waals surface area contributed by atoms with Gasteiger partial charge in [0.15, 0.2) is 0 Å². The molecule has 0 atom stereocenters. The first-order valence-corrected chi connectivity index (χ1v) is 8.17. The van der Waals surface area contributed by atoms with Crippen LogP contribution in [0.5, 0.6) is 0 Å². The lowest BCUT2D eigenvalue weighted by molar-refractivity contribution is 0.627. The van der Waals surface area contributed by atoms with Gasteiger partial charge in [-0.25, -0.2) is 14.4 Å². The van der Waals surface area contributed by atoms with Gasteiger partial charge in [0.25, 0.3) is 0 Å². The summed E-state index contributed by atoms with van der Waals surface area (Å²) < 4.78 is 12.9. The zero-order chi connectivity index (χ0) is 17.5. The molecule has 5 nitrogen and oxygen atoms in total. The van der Waals surface area contributed by atoms with Crippen LogP contribution in [-0.2, 0) is 13.0 Å². The number of aryl methyl sites for hydroxylation is 1. The zero-order valence-corrected chi connectivity index (χ0v) is 14.0. The number of aromatic nitrogens is 3. The van der Waals surface area contributed by atoms with E-state index >= 15 is 0 Å². The van der Waals surface area contributed by atoms with Crippen molar-refractivity contribution in [3.05, 3.63) is 77.6 Å². The van der Waals surface area contributed by atoms with E-state index in [9.17, 15) is 4.39 Å². The van der Waals surface area contributed by atoms with Crippen molar-refractivity contribution < 1.29 is 4.39 Å². The smallest absolute Gasteiger partial charge is 0.132 e. The summed E-state index contributed by atoms with van der Waals surface area (Å²) in [6, 6.07) is 14.2. The summed E-state index contributed by atoms with van der Waals surface area (Å²) in [7, 11) is 0. The number of hydrogen-bond acceptors (Lipinski definition) is 5. The van der Waals surface area contributed by atoms with E-state index in [2.05, 4.69) is 25.6 Å². The molecule has 0 unspecified atom stereocenters. The highest BCUT2D eigenvalue weighted by Gasteiger charge is 2.03. The van der Waals surface area contributed by atoms with Crippen LogP contribution in [0, 0.1) is 12.7 Å². The van der Waals surface area contributed by atoms with Gasteiger partial charge in [-0.15, -0.1) is 0 Å². The zero-order valence-electron chi connectivity index (χ0n) is 14.0. The Morgan fingerprint density at radius 3 is 2.44 bits per heavy atom. The molecule has 6 heteroatoms. The molecule has 0 aliphatic heterocycles. The normalized spacial score (nSPS) is 10.5. The molecular formula is C19H20FN5. The van der Waals surface area contributed by atoms with Gasteiger partial charge in [0.05, 0.1) is 12.2 Å². The Labute approximate surface area is 146 Å². The van der Waals surface area contributed by atoms with Crippen LogP contribution in [0.4, 0.5) is 16.0 Å². The predicted octanol–water partition coefficient (Wildman–Crippen LogP) is 3.59. The monoisotopic (exact) mass is 337 g/mol. The van der Waals surface area contributed by atoms with Crippen LogP contribution >= 0.6 is 0 Å². The third kappa shape index (κ3) is 5.24. The molecule has 0 saturated heterocycles. The summed E-state index contributed by atoms with van der Waals surface area (Å²) in [6.45, 7) is 3.17. The molecule has 3 rings (SSSR count). The van der Waals surface area contributed by atoms with Crippen LogP contribution in [0.15, 0.2) is 54.7 Å². The second kappa shape index (κ2) is 8.19. The predicted molar refractivity (Wildman–Crippen MR) is 96.9 cm³/mol. The minimum atomic E-state index is -0.216. The first kappa shape index (κ1) is 16.8. The van der Waals surface area contributed by atoms with E-state index in [-0.39, 0.29) is 5.82 Å². The summed E-state index contributed by atoms with van der Waals surface area (Å²) >= 11 is 0. The van der Waals surface area contributed by atoms with E-state index < -0.39 is 0 Å². The summed E-state index contributed by atoms with van der Waals surface area (Å²) in [5.74, 6) is 1.99. The molecule has 0 amide bonds. The highest BCUT2D eigenvalue weighted by Crippen LogP contribution is 2.12. The van der Waals surface area contributed by atoms with Gasteiger partial charge in [-0.3, -0.25) is 4.98 Å². The van der Waals surface area contributed by atoms with Crippen molar-refractivity contribution in [1.82, 2.24) is 15.0 Å². The minimum Gasteiger partial charge on any atom is -0.370 e. The number of hydrogen-bond donors (Lipinski definition) is 2. The summed E-state index contributed by atoms with van der Waals surface area (Å²) in [4.78, 5) is 13.1. The fourth-order valence-electron chi connectivity index (χ4n) is 2.42. The Kier molecular flexibility index (Phi) is 5.51. The maximum atomic E-state index is 12.9. The van der Waals surface area contributed by atoms with Crippen LogP contribution in [0.3, 0.4) is 0 Å². The third-order valence-electron chi connectivity index (χ3n) is 3.65. The van der Waals surface area contributed by atoms with E-state index in [0.717, 1.165) is 29.3 Å². The van der Waals surface area contributed by atoms with Crippen LogP contribution < -0.4 is 10.6 Å². The van der Waals surface area contributed by atoms with Crippen LogP contribution in [-0.4, -0.2) is 21.5 Å². The Morgan fingerprint density at radius 1 is 0.960 bits per heavy atom. The summed E-state index contributed by atoms with van der Waals surface area (Å²) in [5, 5.41) is 6.55. The average molecular weight is 337 g/mol. The molecule has 0 saturated carbocycles. The molecule has 2 heterocycles. The van der Waals surface area contributed by atoms with E-state index in [1.54, 1.807) is 18.3 Å². The van der Waals surface area contributed by atoms with Gasteiger partial charge >= 0.3 is 0 Å². The largest absolute Gasteiger partial charge is 0.370 e. The molecule has 1 aromatic carbocycles. The van der Waals surface area contributed by atoms with Crippen molar-refractivity contribution in [2.75, 3.05) is 17.2 Å². The number of rotatable bonds is 7. The molecule has 2 N–H and O–H groups in total. The Bertz CT molecular complexity index is 806. The van der Waals surface area contributed by atoms with Gasteiger partial charge in [0.2, 0.25) is 0 Å². The van der Waals surface area contributed by atoms with E-state index in [1.165, 1.54) is 12.1 Å². The van der Waals surface area contributed by atoms with Crippen LogP contribution in [0.1, 0.15) is 17.1 Å². The lowest BCUT2D eigenvalue weighted by Gasteiger charge is -2.10. The number of halogens is 1. The molecular weight excluding hydrogens is 317 g/mol. The number of pyridine rings is 1. The lowest BCUT2D eigenvalue weighted by Crippen LogP contribution is -2.09. The average Bonchev–Trinajstić information content (AvgIpc) is 2.62. The fourth-order valence-corrected chi connectivity index (χ4v) is 2.42. The quantitative estimate of drug-likeness (QED) is 0.690. The van der Waals surface area contributed by atoms with Crippen molar-refractivity contribution in [3.8, 4) is 0 Å². The van der Waals surface area contributed by atoms with Crippen molar-refractivity contribution in [2.24, 2.45) is 0 Å². The number of nitrogens with zero attached hydrogens (tertiary/aromatic N) is 3. The number of anilines is 2. The van der Waals surface area contributed by atoms with Crippen molar-refractivity contribution >= 4 is 11.6 Å². The molecule has 0 aliphatic rings. The maximum Gasteiger partial charge on any atom is 0.132 e. The van der Waals surface area contributed by atoms with Crippen molar-refractivity contribution in [2.45, 2.75) is 19.9 Å². The second-order valence-corrected chi connectivity index (χ2v) is 5.66. The molecule has 2 aromatic heterocycles. The molecule has 25 heavy (non-hydrogen) atoms. The Balaban J connectivity index is 1.56. The highest BCUT2D eigenvalue weighted by molar-refractivity contribution is 5.47. The second-order valence-electron chi connectivity index (χ2n) is 5.66. The van der Waals surface area contributed by atoms with Gasteiger partial charge < -0.3 is 10.6 Å². The van der Waals surface area contributed by atoms with Gasteiger partial charge in [0, 0.05) is 18.8 Å². The Hall–Kier alpha value is -3.02. The topological polar surface area (TPSA) is 62.7 Å². The molecule has 0 fully saturated rings. The minimum absolute atomic E-state index is 0.216. The van der Waals surface area contributed by atoms with Crippen molar-refractivity contribution in [3.63, 3.8) is 0 Å². The van der Waals surface area contributed by atoms with E-state index in [4.69, 9.17) is 0 Å². The maximum absolute atomic E-state index is 12.9. The van der Waals surface area contributed by atoms with Crippen molar-refractivity contribution in [1.29, 1.82) is 0 Å². The van der Waals surface area contributed by atoms with Crippen LogP contribution in [0.25, 0.3) is 0 Å². The summed E-state index contributed by atoms with van der Waals surface area (Å²) in [5.41, 5.74) is 2.03. The fraction of sp³-hybridized carbons (Fsp3) is 0.211. The number of benzene rings is 1. The molecule has 0 aliphatic carbocycles. The third-order valence-corrected chi connectivity index (χ3v) is 3.65. The van der Waals surface area contributed by atoms with E-state index in [1.807, 2.05) is 31.2 Å². The molecule has 0 spiro atoms. The Morgan fingerprint density at radius 2 is 1.72 bits per heavy atom. The van der Waals surface area contributed by atoms with Gasteiger partial charge in [-0.2, -0.15) is 0 Å². The SMILES string of the molecule is Cc1nc(NCCc2ccc(F)cc2)cc(NCc2ccccn2)n1. The van der Waals surface area contributed by atoms with Crippen LogP contribution in [0.2, 0.25) is 0 Å². The van der Waals surface area contributed by atoms with E-state index in [0.29, 0.717) is 18.9 Å². The molecule has 3 aromatic rings. The molecule has 0 radical (unpaired) electrons. The van der Waals surface area contributed by atoms with Gasteiger partial charge in [-0.1, -0.05) is 18.2 Å². The first-order valence-electron chi connectivity index (χ1n) is 8.17. The molecule has 128 valence electrons. The lowest BCUT2D eigenvalue weighted by atomic mass is 10.1. The summed E-state index contributed by atoms with van der Waals surface area (Å²) in [6.07, 6.45) is 2.56. The van der Waals surface area contributed by atoms with Gasteiger partial charge in [0.1, 0.15) is 23.3 Å². The van der Waals surface area contributed by atoms with Gasteiger partial charge in [-0.05, 0) is 43.2 Å². The highest BCUT2D eigenvalue weighted by atomic mass is 19.1. The number of nitrogens with one attached hydrogen (secondary N) is 2. The standard InChI is InChI=1S/C19H20FN5/c1-14-24-18(22-11-9-15-5-7-16(20)8-6-15)12-19(25-14)23-13-17-4-2-3-10-21-17/h2-8,10,12H,9,11,13H2,1H3,(H2,22,23,24,25). The molecule has 0 bridgehead atoms.